The molecule has 3 rings (SSSR count). The topological polar surface area (TPSA) is 104 Å². The summed E-state index contributed by atoms with van der Waals surface area (Å²) in [5.74, 6) is -0.495. The van der Waals surface area contributed by atoms with Crippen LogP contribution < -0.4 is 5.32 Å². The van der Waals surface area contributed by atoms with E-state index < -0.39 is 22.6 Å². The Balaban J connectivity index is 1.73. The van der Waals surface area contributed by atoms with Crippen LogP contribution in [0.3, 0.4) is 0 Å². The lowest BCUT2D eigenvalue weighted by atomic mass is 9.88. The largest absolute Gasteiger partial charge is 0.523 e. The average Bonchev–Trinajstić information content (AvgIpc) is 3.21. The molecule has 2 fully saturated rings. The molecule has 0 spiro atoms. The number of benzene rings is 1. The Bertz CT molecular complexity index is 868. The summed E-state index contributed by atoms with van der Waals surface area (Å²) in [6.45, 7) is 1.73. The fraction of sp³-hybridized carbons (Fsp3) is 0.600. The van der Waals surface area contributed by atoms with Crippen molar-refractivity contribution in [3.05, 3.63) is 35.9 Å². The molecule has 0 aromatic heterocycles. The van der Waals surface area contributed by atoms with Crippen LogP contribution in [0.5, 0.6) is 0 Å². The van der Waals surface area contributed by atoms with Gasteiger partial charge in [-0.15, -0.1) is 4.48 Å². The molecule has 180 valence electrons. The number of Topliss-reactive ketones (excluding diaryl/α,β-unsaturated/α-hetero) is 1. The van der Waals surface area contributed by atoms with Crippen molar-refractivity contribution in [1.29, 1.82) is 0 Å². The second-order valence-electron chi connectivity index (χ2n) is 9.56. The highest BCUT2D eigenvalue weighted by atomic mass is 16.4. The molecule has 1 heterocycles. The highest BCUT2D eigenvalue weighted by molar-refractivity contribution is 5.93. The maximum atomic E-state index is 13.3. The Hall–Kier alpha value is -2.74. The van der Waals surface area contributed by atoms with Gasteiger partial charge in [0, 0.05) is 25.8 Å². The van der Waals surface area contributed by atoms with Crippen molar-refractivity contribution in [3.8, 4) is 0 Å². The first kappa shape index (κ1) is 24.9. The van der Waals surface area contributed by atoms with E-state index in [-0.39, 0.29) is 36.7 Å². The van der Waals surface area contributed by atoms with Crippen LogP contribution in [-0.4, -0.2) is 70.5 Å². The Labute approximate surface area is 195 Å². The number of rotatable bonds is 7. The Morgan fingerprint density at radius 3 is 2.30 bits per heavy atom. The number of quaternary nitrogens is 1. The van der Waals surface area contributed by atoms with Crippen molar-refractivity contribution in [3.63, 3.8) is 0 Å². The quantitative estimate of drug-likeness (QED) is 0.608. The number of nitrogens with one attached hydrogen (secondary N) is 1. The smallest absolute Gasteiger partial charge is 0.435 e. The van der Waals surface area contributed by atoms with E-state index in [4.69, 9.17) is 0 Å². The van der Waals surface area contributed by atoms with Crippen LogP contribution >= 0.6 is 0 Å². The van der Waals surface area contributed by atoms with Crippen LogP contribution in [0, 0.1) is 5.92 Å². The molecule has 1 aliphatic heterocycles. The lowest BCUT2D eigenvalue weighted by Gasteiger charge is -2.33. The molecule has 8 nitrogen and oxygen atoms in total. The van der Waals surface area contributed by atoms with E-state index in [9.17, 15) is 24.3 Å². The summed E-state index contributed by atoms with van der Waals surface area (Å²) in [5, 5.41) is 12.8. The van der Waals surface area contributed by atoms with Crippen molar-refractivity contribution < 1.29 is 28.8 Å². The number of likely N-dealkylation sites (N-methyl/N-ethyl adjacent to an activating group) is 1. The molecule has 1 unspecified atom stereocenters. The lowest BCUT2D eigenvalue weighted by molar-refractivity contribution is -0.790. The van der Waals surface area contributed by atoms with E-state index >= 15 is 0 Å². The van der Waals surface area contributed by atoms with Gasteiger partial charge in [0.25, 0.3) is 0 Å². The van der Waals surface area contributed by atoms with E-state index in [1.165, 1.54) is 11.9 Å². The number of likely N-dealkylation sites (tertiary alicyclic amines) is 1. The molecule has 1 saturated carbocycles. The second kappa shape index (κ2) is 10.9. The molecule has 0 bridgehead atoms. The Morgan fingerprint density at radius 2 is 1.73 bits per heavy atom. The first-order valence-electron chi connectivity index (χ1n) is 12.0. The number of ketones is 1. The van der Waals surface area contributed by atoms with Gasteiger partial charge in [-0.05, 0) is 31.7 Å². The molecule has 1 aliphatic carbocycles. The predicted molar refractivity (Wildman–Crippen MR) is 124 cm³/mol. The van der Waals surface area contributed by atoms with Crippen LogP contribution in [0.15, 0.2) is 30.3 Å². The van der Waals surface area contributed by atoms with Gasteiger partial charge in [-0.25, -0.2) is 4.79 Å². The van der Waals surface area contributed by atoms with Gasteiger partial charge in [-0.1, -0.05) is 49.6 Å². The van der Waals surface area contributed by atoms with Gasteiger partial charge in [0.2, 0.25) is 5.91 Å². The van der Waals surface area contributed by atoms with Gasteiger partial charge in [-0.3, -0.25) is 14.5 Å². The highest BCUT2D eigenvalue weighted by Gasteiger charge is 2.54. The molecule has 33 heavy (non-hydrogen) atoms. The van der Waals surface area contributed by atoms with E-state index in [2.05, 4.69) is 5.32 Å². The minimum atomic E-state index is -1.18. The summed E-state index contributed by atoms with van der Waals surface area (Å²) in [5.41, 5.74) is 0.913. The van der Waals surface area contributed by atoms with Gasteiger partial charge >= 0.3 is 12.1 Å². The number of carbonyl (C=O) groups excluding carboxylic acids is 3. The third-order valence-corrected chi connectivity index (χ3v) is 7.25. The Morgan fingerprint density at radius 1 is 1.06 bits per heavy atom. The molecule has 3 atom stereocenters. The van der Waals surface area contributed by atoms with Crippen LogP contribution in [0.25, 0.3) is 0 Å². The summed E-state index contributed by atoms with van der Waals surface area (Å²) >= 11 is 0. The zero-order chi connectivity index (χ0) is 24.0. The third kappa shape index (κ3) is 5.61. The van der Waals surface area contributed by atoms with E-state index in [1.807, 2.05) is 30.3 Å². The molecule has 1 aromatic carbocycles. The summed E-state index contributed by atoms with van der Waals surface area (Å²) in [4.78, 5) is 52.6. The van der Waals surface area contributed by atoms with Gasteiger partial charge in [0.05, 0.1) is 19.1 Å². The second-order valence-corrected chi connectivity index (χ2v) is 9.56. The number of nitrogens with zero attached hydrogens (tertiary/aromatic N) is 2. The number of hydrogen-bond acceptors (Lipinski definition) is 4. The fourth-order valence-corrected chi connectivity index (χ4v) is 5.19. The molecule has 8 heteroatoms. The lowest BCUT2D eigenvalue weighted by Crippen LogP contribution is -2.63. The van der Waals surface area contributed by atoms with Crippen LogP contribution in [0.1, 0.15) is 57.4 Å². The first-order chi connectivity index (χ1) is 15.8. The van der Waals surface area contributed by atoms with Crippen molar-refractivity contribution in [2.24, 2.45) is 5.92 Å². The van der Waals surface area contributed by atoms with E-state index in [0.717, 1.165) is 37.7 Å². The third-order valence-electron chi connectivity index (χ3n) is 7.25. The number of imide groups is 1. The fourth-order valence-electron chi connectivity index (χ4n) is 5.19. The molecular weight excluding hydrogens is 422 g/mol. The zero-order valence-electron chi connectivity index (χ0n) is 19.7. The van der Waals surface area contributed by atoms with E-state index in [1.54, 1.807) is 6.92 Å². The van der Waals surface area contributed by atoms with E-state index in [0.29, 0.717) is 19.3 Å². The first-order valence-corrected chi connectivity index (χ1v) is 12.0. The summed E-state index contributed by atoms with van der Waals surface area (Å²) in [6.07, 6.45) is 5.25. The predicted octanol–water partition coefficient (Wildman–Crippen LogP) is 3.59. The van der Waals surface area contributed by atoms with Crippen molar-refractivity contribution >= 4 is 23.8 Å². The average molecular weight is 459 g/mol. The molecule has 2 N–H and O–H groups in total. The van der Waals surface area contributed by atoms with Crippen molar-refractivity contribution in [2.75, 3.05) is 20.1 Å². The number of carboxylic acid groups (broad SMARTS) is 1. The van der Waals surface area contributed by atoms with Crippen LogP contribution in [0.4, 0.5) is 9.59 Å². The standard InChI is InChI=1S/C25H35N3O5/c1-18-10-9-15-28(18,25(32)33)24(31)27(2)17-22(29)21(16-19-11-5-3-6-12-19)26-23(30)20-13-7-4-8-14-20/h3,5-6,11-12,18,20-21H,4,7-10,13-17H2,1-2H3,(H-,26,30,32,33)/p+1/t18-,21+,28?/m1/s1. The molecule has 4 amide bonds. The minimum absolute atomic E-state index is 0.0875. The SMILES string of the molecule is C[C@@H]1CCC[N+]1(C(=O)O)C(=O)N(C)CC(=O)[C@H](Cc1ccccc1)NC(=O)C1CCCCC1. The Kier molecular flexibility index (Phi) is 8.24. The number of urea groups is 1. The van der Waals surface area contributed by atoms with Crippen molar-refractivity contribution in [2.45, 2.75) is 70.4 Å². The molecule has 1 saturated heterocycles. The summed E-state index contributed by atoms with van der Waals surface area (Å²) in [6, 6.07) is 7.75. The van der Waals surface area contributed by atoms with Crippen molar-refractivity contribution in [1.82, 2.24) is 10.2 Å². The molecular formula is C25H36N3O5+. The highest BCUT2D eigenvalue weighted by Crippen LogP contribution is 2.29. The maximum Gasteiger partial charge on any atom is 0.523 e. The molecule has 2 aliphatic rings. The number of hydrogen-bond donors (Lipinski definition) is 2. The summed E-state index contributed by atoms with van der Waals surface area (Å²) in [7, 11) is 1.47. The van der Waals surface area contributed by atoms with Gasteiger partial charge in [0.1, 0.15) is 6.04 Å². The van der Waals surface area contributed by atoms with Crippen LogP contribution in [-0.2, 0) is 16.0 Å². The van der Waals surface area contributed by atoms with Gasteiger partial charge in [0.15, 0.2) is 5.78 Å². The molecule has 1 aromatic rings. The zero-order valence-corrected chi connectivity index (χ0v) is 19.7. The maximum absolute atomic E-state index is 13.3. The number of amides is 4. The summed E-state index contributed by atoms with van der Waals surface area (Å²) < 4.78 is -0.679. The van der Waals surface area contributed by atoms with Crippen LogP contribution in [0.2, 0.25) is 0 Å². The number of carbonyl (C=O) groups is 4. The van der Waals surface area contributed by atoms with Gasteiger partial charge < -0.3 is 10.4 Å². The van der Waals surface area contributed by atoms with Gasteiger partial charge in [-0.2, -0.15) is 4.79 Å². The minimum Gasteiger partial charge on any atom is -0.435 e. The normalized spacial score (nSPS) is 24.1. The molecule has 0 radical (unpaired) electrons. The monoisotopic (exact) mass is 458 g/mol.